The predicted octanol–water partition coefficient (Wildman–Crippen LogP) is 3.93. The van der Waals surface area contributed by atoms with Crippen LogP contribution in [0.5, 0.6) is 0 Å². The minimum atomic E-state index is 0.318. The van der Waals surface area contributed by atoms with Crippen molar-refractivity contribution in [3.63, 3.8) is 0 Å². The van der Waals surface area contributed by atoms with Gasteiger partial charge in [-0.05, 0) is 37.5 Å². The minimum Gasteiger partial charge on any atom is -0.381 e. The Morgan fingerprint density at radius 2 is 1.76 bits per heavy atom. The second-order valence-corrected chi connectivity index (χ2v) is 5.72. The zero-order valence-electron chi connectivity index (χ0n) is 10.7. The highest BCUT2D eigenvalue weighted by Gasteiger charge is 2.33. The number of benzene rings is 1. The maximum Gasteiger partial charge on any atom is 0.0581 e. The fraction of sp³-hybridized carbons (Fsp3) is 0.600. The molecule has 1 spiro atoms. The molecule has 92 valence electrons. The molecule has 2 nitrogen and oxygen atoms in total. The van der Waals surface area contributed by atoms with E-state index in [1.807, 2.05) is 0 Å². The summed E-state index contributed by atoms with van der Waals surface area (Å²) in [5, 5.41) is 7.45. The Kier molecular flexibility index (Phi) is 2.73. The normalized spacial score (nSPS) is 22.2. The van der Waals surface area contributed by atoms with Gasteiger partial charge >= 0.3 is 0 Å². The molecule has 1 aliphatic heterocycles. The van der Waals surface area contributed by atoms with Crippen molar-refractivity contribution in [3.05, 3.63) is 23.8 Å². The van der Waals surface area contributed by atoms with E-state index < -0.39 is 0 Å². The third-order valence-corrected chi connectivity index (χ3v) is 4.25. The zero-order chi connectivity index (χ0) is 11.7. The summed E-state index contributed by atoms with van der Waals surface area (Å²) in [6.07, 6.45) is 8.18. The summed E-state index contributed by atoms with van der Waals surface area (Å²) >= 11 is 0. The largest absolute Gasteiger partial charge is 0.381 e. The summed E-state index contributed by atoms with van der Waals surface area (Å²) < 4.78 is 0. The summed E-state index contributed by atoms with van der Waals surface area (Å²) in [6.45, 7) is 3.24. The molecular weight excluding hydrogens is 208 g/mol. The van der Waals surface area contributed by atoms with Crippen LogP contribution in [0.2, 0.25) is 0 Å². The van der Waals surface area contributed by atoms with Crippen molar-refractivity contribution in [2.75, 3.05) is 17.2 Å². The van der Waals surface area contributed by atoms with Crippen LogP contribution in [0.3, 0.4) is 0 Å². The van der Waals surface area contributed by atoms with Crippen LogP contribution >= 0.6 is 0 Å². The van der Waals surface area contributed by atoms with Crippen molar-refractivity contribution < 1.29 is 0 Å². The molecule has 1 saturated carbocycles. The Balaban J connectivity index is 1.85. The number of anilines is 2. The van der Waals surface area contributed by atoms with Crippen molar-refractivity contribution >= 4 is 11.4 Å². The first kappa shape index (κ1) is 10.9. The Morgan fingerprint density at radius 1 is 1.00 bits per heavy atom. The molecule has 0 saturated heterocycles. The third kappa shape index (κ3) is 2.13. The van der Waals surface area contributed by atoms with Gasteiger partial charge in [-0.2, -0.15) is 0 Å². The van der Waals surface area contributed by atoms with E-state index in [-0.39, 0.29) is 0 Å². The molecule has 2 N–H and O–H groups in total. The van der Waals surface area contributed by atoms with Gasteiger partial charge in [0.05, 0.1) is 16.9 Å². The van der Waals surface area contributed by atoms with Crippen LogP contribution in [-0.4, -0.2) is 12.1 Å². The maximum absolute atomic E-state index is 3.82. The molecule has 0 unspecified atom stereocenters. The first-order valence-corrected chi connectivity index (χ1v) is 6.90. The van der Waals surface area contributed by atoms with Gasteiger partial charge in [-0.15, -0.1) is 0 Å². The number of rotatable bonds is 0. The molecule has 2 heteroatoms. The van der Waals surface area contributed by atoms with Gasteiger partial charge in [-0.1, -0.05) is 31.7 Å². The second kappa shape index (κ2) is 4.25. The lowest BCUT2D eigenvalue weighted by Gasteiger charge is -2.40. The number of fused-ring (bicyclic) bond motifs is 1. The van der Waals surface area contributed by atoms with Crippen LogP contribution in [0, 0.1) is 6.92 Å². The molecule has 0 amide bonds. The molecule has 1 heterocycles. The quantitative estimate of drug-likeness (QED) is 0.705. The van der Waals surface area contributed by atoms with Crippen LogP contribution < -0.4 is 10.6 Å². The van der Waals surface area contributed by atoms with Gasteiger partial charge in [0.25, 0.3) is 0 Å². The van der Waals surface area contributed by atoms with Crippen LogP contribution in [-0.2, 0) is 0 Å². The molecule has 0 radical (unpaired) electrons. The lowest BCUT2D eigenvalue weighted by molar-refractivity contribution is 0.423. The second-order valence-electron chi connectivity index (χ2n) is 5.72. The van der Waals surface area contributed by atoms with Crippen LogP contribution in [0.15, 0.2) is 18.2 Å². The highest BCUT2D eigenvalue weighted by Crippen LogP contribution is 2.37. The van der Waals surface area contributed by atoms with Gasteiger partial charge < -0.3 is 10.6 Å². The highest BCUT2D eigenvalue weighted by molar-refractivity contribution is 5.73. The summed E-state index contributed by atoms with van der Waals surface area (Å²) in [5.74, 6) is 0. The standard InChI is InChI=1S/C15H22N2/c1-12-6-7-13-14(10-12)16-11-15(17-13)8-4-2-3-5-9-15/h6-7,10,16-17H,2-5,8-9,11H2,1H3. The molecule has 2 aliphatic rings. The van der Waals surface area contributed by atoms with E-state index in [2.05, 4.69) is 35.8 Å². The van der Waals surface area contributed by atoms with E-state index in [1.54, 1.807) is 0 Å². The van der Waals surface area contributed by atoms with Gasteiger partial charge in [-0.3, -0.25) is 0 Å². The van der Waals surface area contributed by atoms with Crippen molar-refractivity contribution in [1.82, 2.24) is 0 Å². The lowest BCUT2D eigenvalue weighted by Crippen LogP contribution is -2.47. The summed E-state index contributed by atoms with van der Waals surface area (Å²) in [6, 6.07) is 6.67. The molecule has 1 fully saturated rings. The molecule has 3 rings (SSSR count). The minimum absolute atomic E-state index is 0.318. The Bertz CT molecular complexity index is 403. The molecule has 1 aliphatic carbocycles. The van der Waals surface area contributed by atoms with E-state index in [0.29, 0.717) is 5.54 Å². The smallest absolute Gasteiger partial charge is 0.0581 e. The van der Waals surface area contributed by atoms with E-state index in [9.17, 15) is 0 Å². The van der Waals surface area contributed by atoms with Crippen molar-refractivity contribution in [1.29, 1.82) is 0 Å². The van der Waals surface area contributed by atoms with E-state index >= 15 is 0 Å². The first-order chi connectivity index (χ1) is 8.27. The van der Waals surface area contributed by atoms with Crippen LogP contribution in [0.4, 0.5) is 11.4 Å². The van der Waals surface area contributed by atoms with E-state index in [4.69, 9.17) is 0 Å². The monoisotopic (exact) mass is 230 g/mol. The maximum atomic E-state index is 3.82. The van der Waals surface area contributed by atoms with E-state index in [1.165, 1.54) is 55.5 Å². The molecule has 0 aromatic heterocycles. The Labute approximate surface area is 104 Å². The topological polar surface area (TPSA) is 24.1 Å². The van der Waals surface area contributed by atoms with Gasteiger partial charge in [0.1, 0.15) is 0 Å². The zero-order valence-corrected chi connectivity index (χ0v) is 10.7. The summed E-state index contributed by atoms with van der Waals surface area (Å²) in [4.78, 5) is 0. The van der Waals surface area contributed by atoms with Crippen LogP contribution in [0.1, 0.15) is 44.1 Å². The molecule has 1 aromatic rings. The van der Waals surface area contributed by atoms with Gasteiger partial charge in [0.2, 0.25) is 0 Å². The molecular formula is C15H22N2. The van der Waals surface area contributed by atoms with E-state index in [0.717, 1.165) is 6.54 Å². The number of hydrogen-bond donors (Lipinski definition) is 2. The fourth-order valence-corrected chi connectivity index (χ4v) is 3.21. The third-order valence-electron chi connectivity index (χ3n) is 4.25. The molecule has 17 heavy (non-hydrogen) atoms. The lowest BCUT2D eigenvalue weighted by atomic mass is 9.87. The van der Waals surface area contributed by atoms with Crippen LogP contribution in [0.25, 0.3) is 0 Å². The summed E-state index contributed by atoms with van der Waals surface area (Å²) in [7, 11) is 0. The average Bonchev–Trinajstić information content (AvgIpc) is 2.56. The van der Waals surface area contributed by atoms with Crippen molar-refractivity contribution in [2.24, 2.45) is 0 Å². The number of aryl methyl sites for hydroxylation is 1. The Hall–Kier alpha value is -1.18. The van der Waals surface area contributed by atoms with Gasteiger partial charge in [0, 0.05) is 6.54 Å². The SMILES string of the molecule is Cc1ccc2c(c1)NCC1(CCCCCC1)N2. The molecule has 1 aromatic carbocycles. The summed E-state index contributed by atoms with van der Waals surface area (Å²) in [5.41, 5.74) is 4.22. The fourth-order valence-electron chi connectivity index (χ4n) is 3.21. The number of nitrogens with one attached hydrogen (secondary N) is 2. The first-order valence-electron chi connectivity index (χ1n) is 6.90. The predicted molar refractivity (Wildman–Crippen MR) is 73.7 cm³/mol. The highest BCUT2D eigenvalue weighted by atomic mass is 15.1. The molecule has 0 atom stereocenters. The van der Waals surface area contributed by atoms with Gasteiger partial charge in [-0.25, -0.2) is 0 Å². The van der Waals surface area contributed by atoms with Gasteiger partial charge in [0.15, 0.2) is 0 Å². The van der Waals surface area contributed by atoms with Crippen molar-refractivity contribution in [3.8, 4) is 0 Å². The molecule has 0 bridgehead atoms. The number of hydrogen-bond acceptors (Lipinski definition) is 2. The average molecular weight is 230 g/mol. The Morgan fingerprint density at radius 3 is 2.53 bits per heavy atom. The van der Waals surface area contributed by atoms with Crippen molar-refractivity contribution in [2.45, 2.75) is 51.0 Å².